The number of nitrogens with zero attached hydrogens (tertiary/aromatic N) is 2. The van der Waals surface area contributed by atoms with Crippen molar-refractivity contribution in [1.29, 1.82) is 0 Å². The lowest BCUT2D eigenvalue weighted by molar-refractivity contribution is 0.377. The first kappa shape index (κ1) is 15.6. The second-order valence-corrected chi connectivity index (χ2v) is 7.64. The third kappa shape index (κ3) is 7.07. The van der Waals surface area contributed by atoms with Gasteiger partial charge in [0.25, 0.3) is 0 Å². The lowest BCUT2D eigenvalue weighted by Gasteiger charge is -2.16. The van der Waals surface area contributed by atoms with Crippen molar-refractivity contribution in [1.82, 2.24) is 15.5 Å². The molecule has 0 amide bonds. The molecular formula is C14H27N3S. The van der Waals surface area contributed by atoms with Crippen molar-refractivity contribution in [2.24, 2.45) is 11.3 Å². The summed E-state index contributed by atoms with van der Waals surface area (Å²) in [4.78, 5) is 0. The first-order valence-electron chi connectivity index (χ1n) is 6.89. The first-order chi connectivity index (χ1) is 8.37. The number of rotatable bonds is 7. The maximum absolute atomic E-state index is 4.27. The monoisotopic (exact) mass is 269 g/mol. The minimum Gasteiger partial charge on any atom is -0.316 e. The lowest BCUT2D eigenvalue weighted by Crippen LogP contribution is -2.22. The molecule has 0 saturated heterocycles. The summed E-state index contributed by atoms with van der Waals surface area (Å²) in [7, 11) is 0. The van der Waals surface area contributed by atoms with Crippen LogP contribution in [0, 0.1) is 11.3 Å². The second-order valence-electron chi connectivity index (χ2n) is 6.50. The van der Waals surface area contributed by atoms with Crippen LogP contribution >= 0.6 is 11.3 Å². The molecule has 0 fully saturated rings. The number of nitrogens with one attached hydrogen (secondary N) is 1. The largest absolute Gasteiger partial charge is 0.316 e. The maximum atomic E-state index is 4.27. The summed E-state index contributed by atoms with van der Waals surface area (Å²) in [5.41, 5.74) is 0.380. The fourth-order valence-electron chi connectivity index (χ4n) is 1.56. The van der Waals surface area contributed by atoms with Gasteiger partial charge in [-0.25, -0.2) is 0 Å². The molecular weight excluding hydrogens is 242 g/mol. The van der Waals surface area contributed by atoms with E-state index in [2.05, 4.69) is 50.1 Å². The van der Waals surface area contributed by atoms with Gasteiger partial charge in [-0.3, -0.25) is 0 Å². The van der Waals surface area contributed by atoms with Crippen LogP contribution in [-0.2, 0) is 12.8 Å². The van der Waals surface area contributed by atoms with Crippen molar-refractivity contribution in [3.8, 4) is 0 Å². The molecule has 1 heterocycles. The highest BCUT2D eigenvalue weighted by molar-refractivity contribution is 7.11. The molecule has 0 unspecified atom stereocenters. The van der Waals surface area contributed by atoms with Crippen molar-refractivity contribution < 1.29 is 0 Å². The molecule has 0 aliphatic carbocycles. The van der Waals surface area contributed by atoms with Crippen LogP contribution in [0.4, 0.5) is 0 Å². The van der Waals surface area contributed by atoms with Crippen LogP contribution in [-0.4, -0.2) is 23.3 Å². The van der Waals surface area contributed by atoms with E-state index in [0.717, 1.165) is 30.9 Å². The van der Waals surface area contributed by atoms with Gasteiger partial charge in [0.2, 0.25) is 0 Å². The number of hydrogen-bond acceptors (Lipinski definition) is 4. The van der Waals surface area contributed by atoms with E-state index in [9.17, 15) is 0 Å². The Bertz CT molecular complexity index is 339. The van der Waals surface area contributed by atoms with Gasteiger partial charge in [0, 0.05) is 19.4 Å². The zero-order valence-electron chi connectivity index (χ0n) is 12.4. The van der Waals surface area contributed by atoms with Crippen molar-refractivity contribution in [2.75, 3.05) is 13.1 Å². The normalized spacial score (nSPS) is 12.3. The summed E-state index contributed by atoms with van der Waals surface area (Å²) in [6.45, 7) is 13.3. The van der Waals surface area contributed by atoms with Crippen molar-refractivity contribution in [2.45, 2.75) is 53.9 Å². The predicted octanol–water partition coefficient (Wildman–Crippen LogP) is 3.30. The summed E-state index contributed by atoms with van der Waals surface area (Å²) in [6, 6.07) is 0. The van der Waals surface area contributed by atoms with E-state index in [-0.39, 0.29) is 0 Å². The zero-order valence-corrected chi connectivity index (χ0v) is 13.2. The van der Waals surface area contributed by atoms with Gasteiger partial charge in [0.15, 0.2) is 0 Å². The minimum atomic E-state index is 0.380. The topological polar surface area (TPSA) is 37.8 Å². The molecule has 0 aliphatic heterocycles. The second kappa shape index (κ2) is 7.19. The Morgan fingerprint density at radius 3 is 2.28 bits per heavy atom. The summed E-state index contributed by atoms with van der Waals surface area (Å²) < 4.78 is 0. The average Bonchev–Trinajstić information content (AvgIpc) is 2.68. The van der Waals surface area contributed by atoms with Gasteiger partial charge in [0.1, 0.15) is 10.0 Å². The Labute approximate surface area is 115 Å². The van der Waals surface area contributed by atoms with Crippen LogP contribution in [0.25, 0.3) is 0 Å². The van der Waals surface area contributed by atoms with Gasteiger partial charge in [-0.2, -0.15) is 0 Å². The highest BCUT2D eigenvalue weighted by atomic mass is 32.1. The van der Waals surface area contributed by atoms with Crippen molar-refractivity contribution in [3.05, 3.63) is 10.0 Å². The standard InChI is InChI=1S/C14H27N3S/c1-11(2)10-15-9-7-13-17-16-12(18-13)6-8-14(3,4)5/h11,15H,6-10H2,1-5H3. The maximum Gasteiger partial charge on any atom is 0.118 e. The zero-order chi connectivity index (χ0) is 13.6. The van der Waals surface area contributed by atoms with E-state index in [1.165, 1.54) is 11.4 Å². The molecule has 18 heavy (non-hydrogen) atoms. The summed E-state index contributed by atoms with van der Waals surface area (Å²) in [5, 5.41) is 14.3. The molecule has 0 aliphatic rings. The van der Waals surface area contributed by atoms with Gasteiger partial charge in [-0.1, -0.05) is 34.6 Å². The summed E-state index contributed by atoms with van der Waals surface area (Å²) in [6.07, 6.45) is 3.23. The fourth-order valence-corrected chi connectivity index (χ4v) is 2.40. The van der Waals surface area contributed by atoms with E-state index in [4.69, 9.17) is 0 Å². The third-order valence-corrected chi connectivity index (χ3v) is 3.71. The lowest BCUT2D eigenvalue weighted by atomic mass is 9.91. The molecule has 0 bridgehead atoms. The van der Waals surface area contributed by atoms with Crippen LogP contribution in [0.3, 0.4) is 0 Å². The van der Waals surface area contributed by atoms with Crippen LogP contribution < -0.4 is 5.32 Å². The van der Waals surface area contributed by atoms with Gasteiger partial charge in [-0.15, -0.1) is 21.5 Å². The molecule has 1 aromatic heterocycles. The van der Waals surface area contributed by atoms with E-state index in [1.807, 2.05) is 0 Å². The third-order valence-electron chi connectivity index (χ3n) is 2.67. The van der Waals surface area contributed by atoms with Gasteiger partial charge >= 0.3 is 0 Å². The van der Waals surface area contributed by atoms with Crippen LogP contribution in [0.15, 0.2) is 0 Å². The number of aryl methyl sites for hydroxylation is 1. The predicted molar refractivity (Wildman–Crippen MR) is 79.1 cm³/mol. The fraction of sp³-hybridized carbons (Fsp3) is 0.857. The molecule has 0 radical (unpaired) electrons. The van der Waals surface area contributed by atoms with E-state index >= 15 is 0 Å². The SMILES string of the molecule is CC(C)CNCCc1nnc(CCC(C)(C)C)s1. The molecule has 1 rings (SSSR count). The molecule has 4 heteroatoms. The number of aromatic nitrogens is 2. The van der Waals surface area contributed by atoms with Gasteiger partial charge < -0.3 is 5.32 Å². The Kier molecular flexibility index (Phi) is 6.22. The molecule has 3 nitrogen and oxygen atoms in total. The Morgan fingerprint density at radius 1 is 1.11 bits per heavy atom. The van der Waals surface area contributed by atoms with E-state index in [0.29, 0.717) is 11.3 Å². The van der Waals surface area contributed by atoms with E-state index in [1.54, 1.807) is 11.3 Å². The van der Waals surface area contributed by atoms with Crippen molar-refractivity contribution >= 4 is 11.3 Å². The van der Waals surface area contributed by atoms with E-state index < -0.39 is 0 Å². The molecule has 104 valence electrons. The minimum absolute atomic E-state index is 0.380. The summed E-state index contributed by atoms with van der Waals surface area (Å²) in [5.74, 6) is 0.710. The smallest absolute Gasteiger partial charge is 0.118 e. The Balaban J connectivity index is 2.26. The highest BCUT2D eigenvalue weighted by Gasteiger charge is 2.12. The number of hydrogen-bond donors (Lipinski definition) is 1. The highest BCUT2D eigenvalue weighted by Crippen LogP contribution is 2.22. The van der Waals surface area contributed by atoms with Crippen LogP contribution in [0.2, 0.25) is 0 Å². The van der Waals surface area contributed by atoms with Crippen molar-refractivity contribution in [3.63, 3.8) is 0 Å². The first-order valence-corrected chi connectivity index (χ1v) is 7.70. The quantitative estimate of drug-likeness (QED) is 0.772. The Morgan fingerprint density at radius 2 is 1.72 bits per heavy atom. The molecule has 1 N–H and O–H groups in total. The average molecular weight is 269 g/mol. The van der Waals surface area contributed by atoms with Gasteiger partial charge in [-0.05, 0) is 24.3 Å². The Hall–Kier alpha value is -0.480. The molecule has 0 saturated carbocycles. The molecule has 0 atom stereocenters. The van der Waals surface area contributed by atoms with Crippen LogP contribution in [0.1, 0.15) is 51.1 Å². The molecule has 0 aromatic carbocycles. The summed E-state index contributed by atoms with van der Waals surface area (Å²) >= 11 is 1.77. The molecule has 0 spiro atoms. The van der Waals surface area contributed by atoms with Gasteiger partial charge in [0.05, 0.1) is 0 Å². The molecule has 1 aromatic rings. The van der Waals surface area contributed by atoms with Crippen LogP contribution in [0.5, 0.6) is 0 Å².